The molecule has 0 aliphatic rings. The molecule has 0 amide bonds. The van der Waals surface area contributed by atoms with Gasteiger partial charge in [0.25, 0.3) is 0 Å². The molecule has 5 heteroatoms. The minimum atomic E-state index is -0.368. The van der Waals surface area contributed by atoms with E-state index in [1.807, 2.05) is 30.1 Å². The number of ether oxygens (including phenoxy) is 1. The zero-order chi connectivity index (χ0) is 16.8. The summed E-state index contributed by atoms with van der Waals surface area (Å²) in [6, 6.07) is 13.1. The number of aryl methyl sites for hydroxylation is 1. The molecule has 0 aromatic heterocycles. The van der Waals surface area contributed by atoms with Crippen LogP contribution in [0.3, 0.4) is 0 Å². The van der Waals surface area contributed by atoms with Crippen LogP contribution in [0.15, 0.2) is 42.5 Å². The Morgan fingerprint density at radius 1 is 1.22 bits per heavy atom. The van der Waals surface area contributed by atoms with Gasteiger partial charge in [-0.15, -0.1) is 0 Å². The number of anilines is 1. The predicted molar refractivity (Wildman–Crippen MR) is 96.5 cm³/mol. The van der Waals surface area contributed by atoms with Crippen LogP contribution in [-0.2, 0) is 13.0 Å². The summed E-state index contributed by atoms with van der Waals surface area (Å²) in [6.45, 7) is 2.63. The standard InChI is InChI=1S/C18H21FN2OS/c1-4-13-6-5-7-15(10-13)20-18(23)21(2)12-14-8-9-17(22-3)16(19)11-14/h5-11H,4,12H2,1-3H3,(H,20,23). The van der Waals surface area contributed by atoms with Crippen LogP contribution in [0.1, 0.15) is 18.1 Å². The van der Waals surface area contributed by atoms with Crippen molar-refractivity contribution in [3.8, 4) is 5.75 Å². The Morgan fingerprint density at radius 2 is 2.00 bits per heavy atom. The van der Waals surface area contributed by atoms with Gasteiger partial charge in [0.1, 0.15) is 0 Å². The van der Waals surface area contributed by atoms with Crippen molar-refractivity contribution in [2.45, 2.75) is 19.9 Å². The van der Waals surface area contributed by atoms with Gasteiger partial charge in [-0.1, -0.05) is 25.1 Å². The van der Waals surface area contributed by atoms with E-state index in [-0.39, 0.29) is 11.6 Å². The van der Waals surface area contributed by atoms with E-state index < -0.39 is 0 Å². The highest BCUT2D eigenvalue weighted by Gasteiger charge is 2.09. The molecule has 23 heavy (non-hydrogen) atoms. The number of benzene rings is 2. The highest BCUT2D eigenvalue weighted by atomic mass is 32.1. The molecule has 0 saturated carbocycles. The molecule has 0 unspecified atom stereocenters. The maximum absolute atomic E-state index is 13.7. The van der Waals surface area contributed by atoms with Gasteiger partial charge < -0.3 is 15.0 Å². The molecule has 0 spiro atoms. The summed E-state index contributed by atoms with van der Waals surface area (Å²) in [5.41, 5.74) is 3.04. The zero-order valence-corrected chi connectivity index (χ0v) is 14.4. The van der Waals surface area contributed by atoms with E-state index >= 15 is 0 Å². The molecule has 2 aromatic rings. The van der Waals surface area contributed by atoms with Crippen molar-refractivity contribution in [1.82, 2.24) is 4.90 Å². The van der Waals surface area contributed by atoms with E-state index in [2.05, 4.69) is 24.4 Å². The van der Waals surface area contributed by atoms with E-state index in [0.29, 0.717) is 11.7 Å². The first kappa shape index (κ1) is 17.2. The molecular weight excluding hydrogens is 311 g/mol. The minimum Gasteiger partial charge on any atom is -0.494 e. The summed E-state index contributed by atoms with van der Waals surface area (Å²) >= 11 is 5.42. The van der Waals surface area contributed by atoms with Gasteiger partial charge in [-0.25, -0.2) is 4.39 Å². The van der Waals surface area contributed by atoms with Gasteiger partial charge in [0.2, 0.25) is 0 Å². The SMILES string of the molecule is CCc1cccc(NC(=S)N(C)Cc2ccc(OC)c(F)c2)c1. The lowest BCUT2D eigenvalue weighted by molar-refractivity contribution is 0.385. The van der Waals surface area contributed by atoms with E-state index in [0.717, 1.165) is 17.7 Å². The molecule has 0 bridgehead atoms. The molecule has 0 saturated heterocycles. The molecule has 0 atom stereocenters. The van der Waals surface area contributed by atoms with Crippen molar-refractivity contribution >= 4 is 23.0 Å². The third-order valence-electron chi connectivity index (χ3n) is 3.57. The second-order valence-corrected chi connectivity index (χ2v) is 5.70. The number of rotatable bonds is 5. The Balaban J connectivity index is 2.00. The van der Waals surface area contributed by atoms with Crippen molar-refractivity contribution < 1.29 is 9.13 Å². The Labute approximate surface area is 142 Å². The van der Waals surface area contributed by atoms with Crippen molar-refractivity contribution in [3.05, 3.63) is 59.4 Å². The number of halogens is 1. The fraction of sp³-hybridized carbons (Fsp3) is 0.278. The van der Waals surface area contributed by atoms with Crippen LogP contribution in [0.5, 0.6) is 5.75 Å². The summed E-state index contributed by atoms with van der Waals surface area (Å²) in [6.07, 6.45) is 0.975. The summed E-state index contributed by atoms with van der Waals surface area (Å²) in [7, 11) is 3.33. The molecule has 122 valence electrons. The fourth-order valence-electron chi connectivity index (χ4n) is 2.24. The number of nitrogens with zero attached hydrogens (tertiary/aromatic N) is 1. The molecular formula is C18H21FN2OS. The lowest BCUT2D eigenvalue weighted by atomic mass is 10.1. The van der Waals surface area contributed by atoms with Crippen molar-refractivity contribution in [3.63, 3.8) is 0 Å². The van der Waals surface area contributed by atoms with E-state index in [4.69, 9.17) is 17.0 Å². The molecule has 2 rings (SSSR count). The van der Waals surface area contributed by atoms with Gasteiger partial charge in [-0.3, -0.25) is 0 Å². The molecule has 0 aliphatic heterocycles. The fourth-order valence-corrected chi connectivity index (χ4v) is 2.42. The van der Waals surface area contributed by atoms with Gasteiger partial charge in [0.15, 0.2) is 16.7 Å². The van der Waals surface area contributed by atoms with Crippen molar-refractivity contribution in [2.24, 2.45) is 0 Å². The van der Waals surface area contributed by atoms with Crippen LogP contribution in [0, 0.1) is 5.82 Å². The van der Waals surface area contributed by atoms with Crippen LogP contribution < -0.4 is 10.1 Å². The van der Waals surface area contributed by atoms with Crippen LogP contribution >= 0.6 is 12.2 Å². The summed E-state index contributed by atoms with van der Waals surface area (Å²) in [5.74, 6) is -0.124. The number of hydrogen-bond acceptors (Lipinski definition) is 2. The van der Waals surface area contributed by atoms with Gasteiger partial charge in [0, 0.05) is 19.3 Å². The van der Waals surface area contributed by atoms with Crippen LogP contribution in [0.4, 0.5) is 10.1 Å². The number of thiocarbonyl (C=S) groups is 1. The largest absolute Gasteiger partial charge is 0.494 e. The number of hydrogen-bond donors (Lipinski definition) is 1. The van der Waals surface area contributed by atoms with Crippen LogP contribution in [-0.4, -0.2) is 24.2 Å². The highest BCUT2D eigenvalue weighted by molar-refractivity contribution is 7.80. The third-order valence-corrected chi connectivity index (χ3v) is 3.98. The number of methoxy groups -OCH3 is 1. The Hall–Kier alpha value is -2.14. The van der Waals surface area contributed by atoms with Gasteiger partial charge in [-0.2, -0.15) is 0 Å². The van der Waals surface area contributed by atoms with Gasteiger partial charge in [-0.05, 0) is 54.0 Å². The van der Waals surface area contributed by atoms with E-state index in [9.17, 15) is 4.39 Å². The smallest absolute Gasteiger partial charge is 0.173 e. The monoisotopic (exact) mass is 332 g/mol. The molecule has 2 aromatic carbocycles. The third kappa shape index (κ3) is 4.66. The highest BCUT2D eigenvalue weighted by Crippen LogP contribution is 2.19. The summed E-state index contributed by atoms with van der Waals surface area (Å²) < 4.78 is 18.7. The van der Waals surface area contributed by atoms with Crippen molar-refractivity contribution in [2.75, 3.05) is 19.5 Å². The van der Waals surface area contributed by atoms with Gasteiger partial charge >= 0.3 is 0 Å². The average Bonchev–Trinajstić information content (AvgIpc) is 2.55. The topological polar surface area (TPSA) is 24.5 Å². The summed E-state index contributed by atoms with van der Waals surface area (Å²) in [4.78, 5) is 1.87. The lowest BCUT2D eigenvalue weighted by Gasteiger charge is -2.21. The maximum Gasteiger partial charge on any atom is 0.173 e. The lowest BCUT2D eigenvalue weighted by Crippen LogP contribution is -2.30. The average molecular weight is 332 g/mol. The second-order valence-electron chi connectivity index (χ2n) is 5.31. The molecule has 0 radical (unpaired) electrons. The van der Waals surface area contributed by atoms with E-state index in [1.54, 1.807) is 6.07 Å². The first-order valence-corrected chi connectivity index (χ1v) is 7.87. The maximum atomic E-state index is 13.7. The zero-order valence-electron chi connectivity index (χ0n) is 13.6. The quantitative estimate of drug-likeness (QED) is 0.828. The Bertz CT molecular complexity index is 690. The minimum absolute atomic E-state index is 0.244. The predicted octanol–water partition coefficient (Wildman–Crippen LogP) is 4.23. The molecule has 0 aliphatic carbocycles. The Kier molecular flexibility index (Phi) is 5.93. The first-order valence-electron chi connectivity index (χ1n) is 7.47. The normalized spacial score (nSPS) is 10.3. The second kappa shape index (κ2) is 7.92. The van der Waals surface area contributed by atoms with Gasteiger partial charge in [0.05, 0.1) is 7.11 Å². The summed E-state index contributed by atoms with van der Waals surface area (Å²) in [5, 5.41) is 3.80. The molecule has 3 nitrogen and oxygen atoms in total. The molecule has 0 heterocycles. The van der Waals surface area contributed by atoms with Crippen molar-refractivity contribution in [1.29, 1.82) is 0 Å². The molecule has 0 fully saturated rings. The Morgan fingerprint density at radius 3 is 2.65 bits per heavy atom. The van der Waals surface area contributed by atoms with Crippen LogP contribution in [0.25, 0.3) is 0 Å². The van der Waals surface area contributed by atoms with E-state index in [1.165, 1.54) is 18.7 Å². The van der Waals surface area contributed by atoms with Crippen LogP contribution in [0.2, 0.25) is 0 Å². The number of nitrogens with one attached hydrogen (secondary N) is 1. The first-order chi connectivity index (χ1) is 11.0. The molecule has 1 N–H and O–H groups in total.